The monoisotopic (exact) mass is 350 g/mol. The second-order valence-corrected chi connectivity index (χ2v) is 6.72. The molecule has 1 saturated carbocycles. The number of benzene rings is 1. The molecule has 130 valence electrons. The number of fused-ring (bicyclic) bond motifs is 1. The van der Waals surface area contributed by atoms with Crippen molar-refractivity contribution in [2.75, 3.05) is 0 Å². The van der Waals surface area contributed by atoms with E-state index in [2.05, 4.69) is 5.10 Å². The van der Waals surface area contributed by atoms with Crippen LogP contribution in [-0.2, 0) is 9.59 Å². The van der Waals surface area contributed by atoms with E-state index in [0.29, 0.717) is 0 Å². The maximum atomic E-state index is 12.7. The third kappa shape index (κ3) is 2.32. The first-order chi connectivity index (χ1) is 12.5. The summed E-state index contributed by atoms with van der Waals surface area (Å²) in [7, 11) is 0. The van der Waals surface area contributed by atoms with Crippen LogP contribution >= 0.6 is 0 Å². The molecule has 8 heteroatoms. The smallest absolute Gasteiger partial charge is 0.272 e. The van der Waals surface area contributed by atoms with Gasteiger partial charge in [0.25, 0.3) is 17.5 Å². The van der Waals surface area contributed by atoms with Gasteiger partial charge in [-0.25, -0.2) is 0 Å². The number of nitro benzene ring substituents is 1. The van der Waals surface area contributed by atoms with Crippen LogP contribution in [0.4, 0.5) is 5.69 Å². The minimum atomic E-state index is -0.625. The van der Waals surface area contributed by atoms with Gasteiger partial charge in [-0.1, -0.05) is 12.2 Å². The first kappa shape index (κ1) is 16.1. The molecule has 4 atom stereocenters. The number of hydrogen-bond acceptors (Lipinski definition) is 6. The zero-order valence-electron chi connectivity index (χ0n) is 13.6. The average molecular weight is 350 g/mol. The van der Waals surface area contributed by atoms with Gasteiger partial charge in [-0.05, 0) is 36.8 Å². The van der Waals surface area contributed by atoms with E-state index in [1.54, 1.807) is 0 Å². The molecular weight excluding hydrogens is 336 g/mol. The standard InChI is InChI=1S/C18H14N4O4/c19-8-10-1-2-13(14(7-10)22(25)26)9-20-21-17(23)15-11-3-4-12(6-5-11)16(15)18(21)24/h1-4,7,9,11-12,15-16H,5-6H2/b20-9-/t11-,12+,15-,16-/m0/s1. The normalized spacial score (nSPS) is 29.3. The van der Waals surface area contributed by atoms with E-state index < -0.39 is 4.92 Å². The predicted molar refractivity (Wildman–Crippen MR) is 89.6 cm³/mol. The zero-order valence-corrected chi connectivity index (χ0v) is 13.6. The summed E-state index contributed by atoms with van der Waals surface area (Å²) in [5.74, 6) is -1.31. The minimum Gasteiger partial charge on any atom is -0.272 e. The zero-order chi connectivity index (χ0) is 18.4. The molecule has 5 rings (SSSR count). The molecule has 0 radical (unpaired) electrons. The van der Waals surface area contributed by atoms with Gasteiger partial charge >= 0.3 is 0 Å². The van der Waals surface area contributed by atoms with Crippen molar-refractivity contribution < 1.29 is 14.5 Å². The molecule has 3 aliphatic carbocycles. The van der Waals surface area contributed by atoms with Crippen LogP contribution in [-0.4, -0.2) is 28.0 Å². The molecule has 8 nitrogen and oxygen atoms in total. The molecule has 1 aromatic carbocycles. The van der Waals surface area contributed by atoms with Gasteiger partial charge in [-0.15, -0.1) is 0 Å². The fourth-order valence-electron chi connectivity index (χ4n) is 4.17. The van der Waals surface area contributed by atoms with Gasteiger partial charge in [0.15, 0.2) is 0 Å². The quantitative estimate of drug-likeness (QED) is 0.272. The van der Waals surface area contributed by atoms with Gasteiger partial charge < -0.3 is 0 Å². The van der Waals surface area contributed by atoms with Gasteiger partial charge in [0.05, 0.1) is 40.2 Å². The number of imide groups is 1. The Bertz CT molecular complexity index is 898. The van der Waals surface area contributed by atoms with Gasteiger partial charge in [0.1, 0.15) is 0 Å². The number of hydrogen-bond donors (Lipinski definition) is 0. The van der Waals surface area contributed by atoms with Crippen molar-refractivity contribution in [2.45, 2.75) is 12.8 Å². The van der Waals surface area contributed by atoms with E-state index >= 15 is 0 Å². The maximum absolute atomic E-state index is 12.7. The third-order valence-corrected chi connectivity index (χ3v) is 5.40. The topological polar surface area (TPSA) is 117 Å². The number of amides is 2. The summed E-state index contributed by atoms with van der Waals surface area (Å²) in [5.41, 5.74) is -0.0209. The van der Waals surface area contributed by atoms with E-state index in [1.807, 2.05) is 18.2 Å². The van der Waals surface area contributed by atoms with Crippen LogP contribution in [0.15, 0.2) is 35.5 Å². The Hall–Kier alpha value is -3.34. The molecule has 2 bridgehead atoms. The Balaban J connectivity index is 1.64. The number of allylic oxidation sites excluding steroid dienone is 2. The second-order valence-electron chi connectivity index (χ2n) is 6.72. The summed E-state index contributed by atoms with van der Waals surface area (Å²) in [6, 6.07) is 5.78. The SMILES string of the molecule is N#Cc1ccc(/C=N\N2C(=O)[C@@H]3[C@@H](C2=O)[C@H]2C=C[C@@H]3CC2)c([N+](=O)[O-])c1. The van der Waals surface area contributed by atoms with Gasteiger partial charge in [0.2, 0.25) is 0 Å². The molecular formula is C18H14N4O4. The first-order valence-corrected chi connectivity index (χ1v) is 8.30. The summed E-state index contributed by atoms with van der Waals surface area (Å²) in [6.45, 7) is 0. The van der Waals surface area contributed by atoms with Crippen LogP contribution in [0.2, 0.25) is 0 Å². The highest BCUT2D eigenvalue weighted by Gasteiger charge is 2.56. The van der Waals surface area contributed by atoms with Crippen molar-refractivity contribution in [1.29, 1.82) is 5.26 Å². The molecule has 2 fully saturated rings. The van der Waals surface area contributed by atoms with E-state index in [-0.39, 0.29) is 52.3 Å². The summed E-state index contributed by atoms with van der Waals surface area (Å²) in [5, 5.41) is 24.9. The van der Waals surface area contributed by atoms with Crippen LogP contribution in [0.3, 0.4) is 0 Å². The Morgan fingerprint density at radius 2 is 1.81 bits per heavy atom. The van der Waals surface area contributed by atoms with Crippen LogP contribution < -0.4 is 0 Å². The lowest BCUT2D eigenvalue weighted by Gasteiger charge is -2.37. The number of nitro groups is 1. The highest BCUT2D eigenvalue weighted by Crippen LogP contribution is 2.49. The molecule has 0 unspecified atom stereocenters. The van der Waals surface area contributed by atoms with Gasteiger partial charge in [-0.3, -0.25) is 19.7 Å². The van der Waals surface area contributed by atoms with Crippen LogP contribution in [0.25, 0.3) is 0 Å². The highest BCUT2D eigenvalue weighted by molar-refractivity contribution is 6.06. The number of hydrazone groups is 1. The molecule has 1 heterocycles. The van der Waals surface area contributed by atoms with Crippen molar-refractivity contribution in [2.24, 2.45) is 28.8 Å². The Morgan fingerprint density at radius 1 is 1.19 bits per heavy atom. The lowest BCUT2D eigenvalue weighted by molar-refractivity contribution is -0.385. The van der Waals surface area contributed by atoms with E-state index in [1.165, 1.54) is 12.1 Å². The van der Waals surface area contributed by atoms with E-state index in [9.17, 15) is 19.7 Å². The minimum absolute atomic E-state index is 0.0610. The maximum Gasteiger partial charge on any atom is 0.279 e. The van der Waals surface area contributed by atoms with Crippen molar-refractivity contribution in [1.82, 2.24) is 5.01 Å². The Kier molecular flexibility index (Phi) is 3.65. The van der Waals surface area contributed by atoms with Gasteiger partial charge in [-0.2, -0.15) is 15.4 Å². The predicted octanol–water partition coefficient (Wildman–Crippen LogP) is 2.00. The second kappa shape index (κ2) is 5.88. The summed E-state index contributed by atoms with van der Waals surface area (Å²) in [4.78, 5) is 35.9. The largest absolute Gasteiger partial charge is 0.279 e. The molecule has 26 heavy (non-hydrogen) atoms. The van der Waals surface area contributed by atoms with Gasteiger partial charge in [0, 0.05) is 6.07 Å². The molecule has 2 amide bonds. The summed E-state index contributed by atoms with van der Waals surface area (Å²) in [6.07, 6.45) is 6.94. The van der Waals surface area contributed by atoms with Crippen molar-refractivity contribution >= 4 is 23.7 Å². The van der Waals surface area contributed by atoms with Crippen LogP contribution in [0, 0.1) is 45.1 Å². The van der Waals surface area contributed by atoms with Crippen LogP contribution in [0.5, 0.6) is 0 Å². The van der Waals surface area contributed by atoms with Crippen molar-refractivity contribution in [3.8, 4) is 6.07 Å². The molecule has 0 N–H and O–H groups in total. The Morgan fingerprint density at radius 3 is 2.31 bits per heavy atom. The molecule has 1 aromatic rings. The molecule has 0 aromatic heterocycles. The fourth-order valence-corrected chi connectivity index (χ4v) is 4.17. The molecule has 4 aliphatic rings. The lowest BCUT2D eigenvalue weighted by Crippen LogP contribution is -2.38. The molecule has 1 saturated heterocycles. The molecule has 1 aliphatic heterocycles. The number of carbonyl (C=O) groups excluding carboxylic acids is 2. The number of nitrogens with zero attached hydrogens (tertiary/aromatic N) is 4. The first-order valence-electron chi connectivity index (χ1n) is 8.30. The number of rotatable bonds is 3. The Labute approximate surface area is 148 Å². The average Bonchev–Trinajstić information content (AvgIpc) is 2.93. The number of nitriles is 1. The van der Waals surface area contributed by atoms with E-state index in [4.69, 9.17) is 5.26 Å². The summed E-state index contributed by atoms with van der Waals surface area (Å²) >= 11 is 0. The van der Waals surface area contributed by atoms with Crippen LogP contribution in [0.1, 0.15) is 24.0 Å². The summed E-state index contributed by atoms with van der Waals surface area (Å²) < 4.78 is 0. The third-order valence-electron chi connectivity index (χ3n) is 5.40. The molecule has 0 spiro atoms. The lowest BCUT2D eigenvalue weighted by atomic mass is 9.63. The van der Waals surface area contributed by atoms with Crippen molar-refractivity contribution in [3.63, 3.8) is 0 Å². The number of carbonyl (C=O) groups is 2. The fraction of sp³-hybridized carbons (Fsp3) is 0.333. The van der Waals surface area contributed by atoms with E-state index in [0.717, 1.165) is 30.1 Å². The highest BCUT2D eigenvalue weighted by atomic mass is 16.6. The van der Waals surface area contributed by atoms with Crippen molar-refractivity contribution in [3.05, 3.63) is 51.6 Å².